The SMILES string of the molecule is CC(C)Oc1ccc(S(=O)(=O)N2CCCC(C(=O)NCCN)C2)cc1.Cl. The van der Waals surface area contributed by atoms with Gasteiger partial charge in [0.2, 0.25) is 15.9 Å². The van der Waals surface area contributed by atoms with Gasteiger partial charge in [0, 0.05) is 26.2 Å². The minimum atomic E-state index is -3.62. The molecule has 0 radical (unpaired) electrons. The summed E-state index contributed by atoms with van der Waals surface area (Å²) in [5.41, 5.74) is 5.39. The molecule has 0 bridgehead atoms. The average Bonchev–Trinajstić information content (AvgIpc) is 2.59. The first-order valence-corrected chi connectivity index (χ1v) is 10.0. The van der Waals surface area contributed by atoms with Crippen molar-refractivity contribution in [3.05, 3.63) is 24.3 Å². The molecule has 3 N–H and O–H groups in total. The van der Waals surface area contributed by atoms with Gasteiger partial charge in [-0.05, 0) is 51.0 Å². The molecular weight excluding hydrogens is 378 g/mol. The summed E-state index contributed by atoms with van der Waals surface area (Å²) in [7, 11) is -3.62. The topological polar surface area (TPSA) is 102 Å². The number of amides is 1. The Bertz CT molecular complexity index is 680. The Hall–Kier alpha value is -1.35. The van der Waals surface area contributed by atoms with Crippen LogP contribution in [0.4, 0.5) is 0 Å². The largest absolute Gasteiger partial charge is 0.491 e. The number of rotatable bonds is 7. The molecule has 0 aliphatic carbocycles. The van der Waals surface area contributed by atoms with Crippen molar-refractivity contribution >= 4 is 28.3 Å². The van der Waals surface area contributed by atoms with Crippen LogP contribution >= 0.6 is 12.4 Å². The van der Waals surface area contributed by atoms with E-state index < -0.39 is 10.0 Å². The van der Waals surface area contributed by atoms with Crippen molar-refractivity contribution in [2.45, 2.75) is 37.7 Å². The van der Waals surface area contributed by atoms with Gasteiger partial charge in [-0.1, -0.05) is 0 Å². The monoisotopic (exact) mass is 405 g/mol. The summed E-state index contributed by atoms with van der Waals surface area (Å²) in [6.07, 6.45) is 1.37. The third kappa shape index (κ3) is 5.84. The third-order valence-electron chi connectivity index (χ3n) is 4.03. The molecule has 7 nitrogen and oxygen atoms in total. The summed E-state index contributed by atoms with van der Waals surface area (Å²) in [5.74, 6) is 0.163. The minimum Gasteiger partial charge on any atom is -0.491 e. The Morgan fingerprint density at radius 1 is 1.35 bits per heavy atom. The molecule has 1 saturated heterocycles. The van der Waals surface area contributed by atoms with Gasteiger partial charge in [0.25, 0.3) is 0 Å². The number of piperidine rings is 1. The lowest BCUT2D eigenvalue weighted by atomic mass is 9.99. The van der Waals surface area contributed by atoms with E-state index in [1.807, 2.05) is 13.8 Å². The van der Waals surface area contributed by atoms with Crippen LogP contribution in [0.2, 0.25) is 0 Å². The van der Waals surface area contributed by atoms with E-state index in [9.17, 15) is 13.2 Å². The van der Waals surface area contributed by atoms with Crippen LogP contribution in [0.3, 0.4) is 0 Å². The molecule has 1 fully saturated rings. The van der Waals surface area contributed by atoms with Crippen LogP contribution in [-0.4, -0.2) is 50.9 Å². The molecule has 1 atom stereocenters. The number of carbonyl (C=O) groups is 1. The molecular formula is C17H28ClN3O4S. The van der Waals surface area contributed by atoms with Crippen LogP contribution in [0.1, 0.15) is 26.7 Å². The van der Waals surface area contributed by atoms with E-state index in [1.165, 1.54) is 4.31 Å². The number of hydrogen-bond acceptors (Lipinski definition) is 5. The van der Waals surface area contributed by atoms with E-state index in [4.69, 9.17) is 10.5 Å². The summed E-state index contributed by atoms with van der Waals surface area (Å²) in [4.78, 5) is 12.3. The normalized spacial score (nSPS) is 18.2. The van der Waals surface area contributed by atoms with Crippen molar-refractivity contribution in [1.82, 2.24) is 9.62 Å². The molecule has 148 valence electrons. The molecule has 1 aliphatic heterocycles. The van der Waals surface area contributed by atoms with Crippen molar-refractivity contribution in [2.75, 3.05) is 26.2 Å². The molecule has 0 spiro atoms. The maximum atomic E-state index is 12.8. The molecule has 1 aromatic rings. The van der Waals surface area contributed by atoms with Gasteiger partial charge >= 0.3 is 0 Å². The second-order valence-corrected chi connectivity index (χ2v) is 8.36. The van der Waals surface area contributed by atoms with Gasteiger partial charge < -0.3 is 15.8 Å². The molecule has 9 heteroatoms. The fraction of sp³-hybridized carbons (Fsp3) is 0.588. The molecule has 26 heavy (non-hydrogen) atoms. The zero-order chi connectivity index (χ0) is 18.4. The maximum Gasteiger partial charge on any atom is 0.243 e. The van der Waals surface area contributed by atoms with Crippen LogP contribution in [0, 0.1) is 5.92 Å². The Kier molecular flexibility index (Phi) is 8.82. The molecule has 1 aromatic carbocycles. The van der Waals surface area contributed by atoms with Crippen molar-refractivity contribution in [2.24, 2.45) is 11.7 Å². The number of nitrogens with one attached hydrogen (secondary N) is 1. The molecule has 1 unspecified atom stereocenters. The van der Waals surface area contributed by atoms with Crippen molar-refractivity contribution in [3.63, 3.8) is 0 Å². The van der Waals surface area contributed by atoms with Crippen LogP contribution in [0.5, 0.6) is 5.75 Å². The summed E-state index contributed by atoms with van der Waals surface area (Å²) >= 11 is 0. The fourth-order valence-electron chi connectivity index (χ4n) is 2.83. The Morgan fingerprint density at radius 3 is 2.58 bits per heavy atom. The number of halogens is 1. The van der Waals surface area contributed by atoms with Crippen LogP contribution < -0.4 is 15.8 Å². The van der Waals surface area contributed by atoms with E-state index in [-0.39, 0.29) is 41.8 Å². The summed E-state index contributed by atoms with van der Waals surface area (Å²) in [6, 6.07) is 6.40. The second kappa shape index (κ2) is 10.1. The van der Waals surface area contributed by atoms with Gasteiger partial charge in [-0.25, -0.2) is 8.42 Å². The van der Waals surface area contributed by atoms with Crippen LogP contribution in [-0.2, 0) is 14.8 Å². The number of carbonyl (C=O) groups excluding carboxylic acids is 1. The fourth-order valence-corrected chi connectivity index (χ4v) is 4.35. The van der Waals surface area contributed by atoms with Gasteiger partial charge in [-0.15, -0.1) is 12.4 Å². The van der Waals surface area contributed by atoms with E-state index >= 15 is 0 Å². The number of sulfonamides is 1. The highest BCUT2D eigenvalue weighted by Crippen LogP contribution is 2.25. The number of benzene rings is 1. The lowest BCUT2D eigenvalue weighted by molar-refractivity contribution is -0.126. The van der Waals surface area contributed by atoms with E-state index in [0.29, 0.717) is 38.2 Å². The Morgan fingerprint density at radius 2 is 2.00 bits per heavy atom. The van der Waals surface area contributed by atoms with Crippen molar-refractivity contribution in [3.8, 4) is 5.75 Å². The van der Waals surface area contributed by atoms with Gasteiger partial charge in [0.05, 0.1) is 16.9 Å². The predicted octanol–water partition coefficient (Wildman–Crippen LogP) is 1.37. The minimum absolute atomic E-state index is 0. The Balaban J connectivity index is 0.00000338. The van der Waals surface area contributed by atoms with Crippen LogP contribution in [0.15, 0.2) is 29.2 Å². The predicted molar refractivity (Wildman–Crippen MR) is 103 cm³/mol. The molecule has 0 aromatic heterocycles. The maximum absolute atomic E-state index is 12.8. The first kappa shape index (κ1) is 22.7. The summed E-state index contributed by atoms with van der Waals surface area (Å²) in [6.45, 7) is 5.21. The summed E-state index contributed by atoms with van der Waals surface area (Å²) < 4.78 is 32.6. The Labute approximate surface area is 161 Å². The molecule has 1 heterocycles. The van der Waals surface area contributed by atoms with E-state index in [1.54, 1.807) is 24.3 Å². The zero-order valence-corrected chi connectivity index (χ0v) is 16.8. The van der Waals surface area contributed by atoms with Crippen molar-refractivity contribution in [1.29, 1.82) is 0 Å². The van der Waals surface area contributed by atoms with E-state index in [2.05, 4.69) is 5.32 Å². The standard InChI is InChI=1S/C17H27N3O4S.ClH/c1-13(2)24-15-5-7-16(8-6-15)25(22,23)20-11-3-4-14(12-20)17(21)19-10-9-18;/h5-8,13-14H,3-4,9-12,18H2,1-2H3,(H,19,21);1H. The molecule has 1 aliphatic rings. The van der Waals surface area contributed by atoms with Crippen LogP contribution in [0.25, 0.3) is 0 Å². The highest BCUT2D eigenvalue weighted by molar-refractivity contribution is 7.89. The van der Waals surface area contributed by atoms with Gasteiger partial charge in [0.1, 0.15) is 5.75 Å². The smallest absolute Gasteiger partial charge is 0.243 e. The van der Waals surface area contributed by atoms with Crippen molar-refractivity contribution < 1.29 is 17.9 Å². The molecule has 0 saturated carbocycles. The highest BCUT2D eigenvalue weighted by atomic mass is 35.5. The van der Waals surface area contributed by atoms with Gasteiger partial charge in [-0.3, -0.25) is 4.79 Å². The first-order valence-electron chi connectivity index (χ1n) is 8.59. The van der Waals surface area contributed by atoms with Gasteiger partial charge in [-0.2, -0.15) is 4.31 Å². The lowest BCUT2D eigenvalue weighted by Crippen LogP contribution is -2.46. The van der Waals surface area contributed by atoms with E-state index in [0.717, 1.165) is 0 Å². The number of nitrogens with two attached hydrogens (primary N) is 1. The zero-order valence-electron chi connectivity index (χ0n) is 15.2. The van der Waals surface area contributed by atoms with Gasteiger partial charge in [0.15, 0.2) is 0 Å². The second-order valence-electron chi connectivity index (χ2n) is 6.42. The molecule has 2 rings (SSSR count). The quantitative estimate of drug-likeness (QED) is 0.713. The number of ether oxygens (including phenoxy) is 1. The number of hydrogen-bond donors (Lipinski definition) is 2. The first-order chi connectivity index (χ1) is 11.8. The highest BCUT2D eigenvalue weighted by Gasteiger charge is 2.33. The summed E-state index contributed by atoms with van der Waals surface area (Å²) in [5, 5.41) is 2.74. The molecule has 1 amide bonds. The average molecular weight is 406 g/mol. The third-order valence-corrected chi connectivity index (χ3v) is 5.91. The lowest BCUT2D eigenvalue weighted by Gasteiger charge is -2.31. The number of nitrogens with zero attached hydrogens (tertiary/aromatic N) is 1.